The molecule has 1 amide bonds. The number of aromatic nitrogens is 1. The van der Waals surface area contributed by atoms with E-state index in [9.17, 15) is 9.00 Å². The molecule has 1 aromatic carbocycles. The van der Waals surface area contributed by atoms with Crippen molar-refractivity contribution >= 4 is 33.7 Å². The van der Waals surface area contributed by atoms with Crippen molar-refractivity contribution < 1.29 is 9.00 Å². The summed E-state index contributed by atoms with van der Waals surface area (Å²) in [5, 5.41) is 2.67. The van der Waals surface area contributed by atoms with Crippen molar-refractivity contribution in [1.82, 2.24) is 9.88 Å². The Morgan fingerprint density at radius 2 is 2.24 bits per heavy atom. The van der Waals surface area contributed by atoms with E-state index in [-0.39, 0.29) is 11.9 Å². The summed E-state index contributed by atoms with van der Waals surface area (Å²) >= 11 is 1.49. The van der Waals surface area contributed by atoms with Gasteiger partial charge in [0.15, 0.2) is 0 Å². The molecule has 0 saturated carbocycles. The molecule has 1 aliphatic heterocycles. The van der Waals surface area contributed by atoms with Gasteiger partial charge in [-0.3, -0.25) is 9.00 Å². The third-order valence-electron chi connectivity index (χ3n) is 4.63. The van der Waals surface area contributed by atoms with Crippen LogP contribution in [0.15, 0.2) is 23.6 Å². The van der Waals surface area contributed by atoms with Crippen LogP contribution in [0, 0.1) is 0 Å². The first-order valence-corrected chi connectivity index (χ1v) is 10.8. The first-order valence-electron chi connectivity index (χ1n) is 8.24. The van der Waals surface area contributed by atoms with E-state index in [0.29, 0.717) is 11.4 Å². The van der Waals surface area contributed by atoms with Crippen molar-refractivity contribution in [2.45, 2.75) is 19.4 Å². The van der Waals surface area contributed by atoms with E-state index in [2.05, 4.69) is 35.1 Å². The highest BCUT2D eigenvalue weighted by atomic mass is 32.2. The molecule has 3 rings (SSSR count). The Bertz CT molecular complexity index is 818. The maximum Gasteiger partial charge on any atom is 0.273 e. The number of nitrogens with zero attached hydrogens (tertiary/aromatic N) is 3. The number of rotatable bonds is 5. The minimum Gasteiger partial charge on any atom is -0.374 e. The summed E-state index contributed by atoms with van der Waals surface area (Å²) in [5.41, 5.74) is 4.12. The number of hydrogen-bond acceptors (Lipinski definition) is 5. The van der Waals surface area contributed by atoms with Gasteiger partial charge in [0, 0.05) is 66.1 Å². The van der Waals surface area contributed by atoms with Gasteiger partial charge in [0.25, 0.3) is 5.91 Å². The highest BCUT2D eigenvalue weighted by molar-refractivity contribution is 7.84. The van der Waals surface area contributed by atoms with Crippen LogP contribution in [0.1, 0.15) is 23.0 Å². The van der Waals surface area contributed by atoms with Crippen molar-refractivity contribution in [3.8, 4) is 10.6 Å². The van der Waals surface area contributed by atoms with E-state index in [1.165, 1.54) is 22.6 Å². The molecule has 2 atom stereocenters. The zero-order chi connectivity index (χ0) is 18.1. The fraction of sp³-hybridized carbons (Fsp3) is 0.444. The standard InChI is InChI=1S/C18H23N3O2S2/c1-12(11-25(4)23)21(3)18(22)15-10-24-17(19-15)14-5-6-16-13(9-14)7-8-20(16)2/h5-6,9-10,12H,7-8,11H2,1-4H3. The van der Waals surface area contributed by atoms with Gasteiger partial charge in [0.05, 0.1) is 0 Å². The van der Waals surface area contributed by atoms with E-state index in [1.807, 2.05) is 12.3 Å². The molecule has 7 heteroatoms. The van der Waals surface area contributed by atoms with Crippen molar-refractivity contribution in [3.05, 3.63) is 34.8 Å². The van der Waals surface area contributed by atoms with Crippen LogP contribution in [0.5, 0.6) is 0 Å². The lowest BCUT2D eigenvalue weighted by molar-refractivity contribution is 0.0752. The third-order valence-corrected chi connectivity index (χ3v) is 6.48. The molecule has 1 aliphatic rings. The van der Waals surface area contributed by atoms with Gasteiger partial charge >= 0.3 is 0 Å². The quantitative estimate of drug-likeness (QED) is 0.804. The molecule has 1 aromatic heterocycles. The van der Waals surface area contributed by atoms with E-state index in [4.69, 9.17) is 0 Å². The second-order valence-corrected chi connectivity index (χ2v) is 8.90. The van der Waals surface area contributed by atoms with E-state index in [1.54, 1.807) is 18.2 Å². The van der Waals surface area contributed by atoms with Gasteiger partial charge in [-0.15, -0.1) is 11.3 Å². The summed E-state index contributed by atoms with van der Waals surface area (Å²) in [7, 11) is 2.91. The fourth-order valence-corrected chi connectivity index (χ4v) is 4.73. The number of benzene rings is 1. The van der Waals surface area contributed by atoms with Crippen LogP contribution in [0.25, 0.3) is 10.6 Å². The number of carbonyl (C=O) groups excluding carboxylic acids is 1. The minimum absolute atomic E-state index is 0.0842. The number of fused-ring (bicyclic) bond motifs is 1. The van der Waals surface area contributed by atoms with Crippen LogP contribution in [0.3, 0.4) is 0 Å². The lowest BCUT2D eigenvalue weighted by Crippen LogP contribution is -2.38. The van der Waals surface area contributed by atoms with Crippen LogP contribution >= 0.6 is 11.3 Å². The van der Waals surface area contributed by atoms with Gasteiger partial charge in [-0.25, -0.2) is 4.98 Å². The van der Waals surface area contributed by atoms with Gasteiger partial charge in [0.1, 0.15) is 10.7 Å². The van der Waals surface area contributed by atoms with E-state index in [0.717, 1.165) is 23.5 Å². The smallest absolute Gasteiger partial charge is 0.273 e. The summed E-state index contributed by atoms with van der Waals surface area (Å²) in [6.07, 6.45) is 2.70. The molecule has 0 saturated heterocycles. The Morgan fingerprint density at radius 1 is 1.48 bits per heavy atom. The molecular weight excluding hydrogens is 354 g/mol. The highest BCUT2D eigenvalue weighted by Gasteiger charge is 2.22. The number of thiazole rings is 1. The topological polar surface area (TPSA) is 53.5 Å². The van der Waals surface area contributed by atoms with Crippen LogP contribution in [0.4, 0.5) is 5.69 Å². The van der Waals surface area contributed by atoms with Gasteiger partial charge in [0.2, 0.25) is 0 Å². The van der Waals surface area contributed by atoms with Crippen LogP contribution in [-0.2, 0) is 17.2 Å². The molecule has 0 aliphatic carbocycles. The Hall–Kier alpha value is -1.73. The van der Waals surface area contributed by atoms with E-state index < -0.39 is 10.8 Å². The molecule has 0 N–H and O–H groups in total. The van der Waals surface area contributed by atoms with Crippen molar-refractivity contribution in [1.29, 1.82) is 0 Å². The summed E-state index contributed by atoms with van der Waals surface area (Å²) in [5.74, 6) is 0.346. The van der Waals surface area contributed by atoms with Crippen LogP contribution in [-0.4, -0.2) is 58.7 Å². The normalized spacial score (nSPS) is 15.8. The molecule has 2 heterocycles. The third kappa shape index (κ3) is 3.77. The Balaban J connectivity index is 1.78. The molecule has 0 spiro atoms. The highest BCUT2D eigenvalue weighted by Crippen LogP contribution is 2.32. The average Bonchev–Trinajstić information content (AvgIpc) is 3.20. The molecule has 0 radical (unpaired) electrons. The number of anilines is 1. The SMILES string of the molecule is CC(CS(C)=O)N(C)C(=O)c1csc(-c2ccc3c(c2)CCN3C)n1. The van der Waals surface area contributed by atoms with E-state index >= 15 is 0 Å². The van der Waals surface area contributed by atoms with Gasteiger partial charge in [-0.05, 0) is 37.1 Å². The van der Waals surface area contributed by atoms with Crippen molar-refractivity contribution in [2.75, 3.05) is 37.5 Å². The monoisotopic (exact) mass is 377 g/mol. The second-order valence-electron chi connectivity index (χ2n) is 6.56. The minimum atomic E-state index is -0.932. The number of hydrogen-bond donors (Lipinski definition) is 0. The fourth-order valence-electron chi connectivity index (χ4n) is 3.04. The first kappa shape index (κ1) is 18.1. The zero-order valence-electron chi connectivity index (χ0n) is 15.0. The second kappa shape index (κ2) is 7.25. The zero-order valence-corrected chi connectivity index (χ0v) is 16.6. The summed E-state index contributed by atoms with van der Waals surface area (Å²) in [4.78, 5) is 21.0. The molecule has 5 nitrogen and oxygen atoms in total. The van der Waals surface area contributed by atoms with Crippen molar-refractivity contribution in [2.24, 2.45) is 0 Å². The molecule has 2 unspecified atom stereocenters. The maximum absolute atomic E-state index is 12.6. The number of carbonyl (C=O) groups is 1. The summed E-state index contributed by atoms with van der Waals surface area (Å²) in [6.45, 7) is 2.95. The van der Waals surface area contributed by atoms with Crippen LogP contribution in [0.2, 0.25) is 0 Å². The molecule has 134 valence electrons. The Labute approximate surface area is 155 Å². The molecule has 25 heavy (non-hydrogen) atoms. The molecule has 2 aromatic rings. The molecule has 0 fully saturated rings. The molecular formula is C18H23N3O2S2. The van der Waals surface area contributed by atoms with Crippen molar-refractivity contribution in [3.63, 3.8) is 0 Å². The Morgan fingerprint density at radius 3 is 2.96 bits per heavy atom. The summed E-state index contributed by atoms with van der Waals surface area (Å²) in [6, 6.07) is 6.29. The first-order chi connectivity index (χ1) is 11.9. The Kier molecular flexibility index (Phi) is 5.24. The lowest BCUT2D eigenvalue weighted by Gasteiger charge is -2.23. The van der Waals surface area contributed by atoms with Crippen LogP contribution < -0.4 is 4.90 Å². The predicted molar refractivity (Wildman–Crippen MR) is 105 cm³/mol. The molecule has 0 bridgehead atoms. The summed E-state index contributed by atoms with van der Waals surface area (Å²) < 4.78 is 11.4. The number of amides is 1. The van der Waals surface area contributed by atoms with Gasteiger partial charge in [-0.2, -0.15) is 0 Å². The average molecular weight is 378 g/mol. The largest absolute Gasteiger partial charge is 0.374 e. The van der Waals surface area contributed by atoms with Gasteiger partial charge < -0.3 is 9.80 Å². The predicted octanol–water partition coefficient (Wildman–Crippen LogP) is 2.64. The van der Waals surface area contributed by atoms with Gasteiger partial charge in [-0.1, -0.05) is 0 Å². The maximum atomic E-state index is 12.6. The lowest BCUT2D eigenvalue weighted by atomic mass is 10.1. The number of likely N-dealkylation sites (N-methyl/N-ethyl adjacent to an activating group) is 1.